The summed E-state index contributed by atoms with van der Waals surface area (Å²) < 4.78 is 9.91. The van der Waals surface area contributed by atoms with Crippen LogP contribution in [-0.4, -0.2) is 221 Å². The fraction of sp³-hybridized carbons (Fsp3) is 0.722. The van der Waals surface area contributed by atoms with Crippen LogP contribution in [0.25, 0.3) is 0 Å². The Hall–Kier alpha value is -7.14. The summed E-state index contributed by atoms with van der Waals surface area (Å²) in [5.41, 5.74) is 16.6. The number of ether oxygens (including phenoxy) is 2. The zero-order valence-corrected chi connectivity index (χ0v) is 51.0. The SMILES string of the molecule is C/C=C1/NC(=O)C([C@H](C)O)NC(=O)[C@H](CCN)NC(=O)C([C@H](O)C(=O)O)NC(=O)C(CCCCN)NC(=O)[C@H](CC(=O)NCC(=O)OC)NC(=O)C(CCN)NC(=O)C(NC(=O)C[C@H](O)CCCCCCCCCCC)COC(=O)C([C@H](O)CCl)NC1=O. The van der Waals surface area contributed by atoms with Crippen LogP contribution in [0.2, 0.25) is 0 Å². The Bertz CT molecular complexity index is 2350. The van der Waals surface area contributed by atoms with Gasteiger partial charge in [-0.15, -0.1) is 11.6 Å². The third-order valence-electron chi connectivity index (χ3n) is 13.6. The number of carboxylic acids is 1. The second-order valence-electron chi connectivity index (χ2n) is 20.8. The highest BCUT2D eigenvalue weighted by Crippen LogP contribution is 2.14. The van der Waals surface area contributed by atoms with Crippen molar-refractivity contribution >= 4 is 88.6 Å². The average molecular weight is 1280 g/mol. The number of hydrogen-bond donors (Lipinski definition) is 18. The van der Waals surface area contributed by atoms with E-state index in [-0.39, 0.29) is 38.8 Å². The van der Waals surface area contributed by atoms with Gasteiger partial charge in [-0.2, -0.15) is 0 Å². The van der Waals surface area contributed by atoms with Gasteiger partial charge in [-0.05, 0) is 72.0 Å². The molecule has 0 aromatic heterocycles. The number of nitrogens with two attached hydrogens (primary N) is 3. The molecule has 21 N–H and O–H groups in total. The summed E-state index contributed by atoms with van der Waals surface area (Å²) in [4.78, 5) is 177. The van der Waals surface area contributed by atoms with Crippen LogP contribution in [0.3, 0.4) is 0 Å². The van der Waals surface area contributed by atoms with Crippen LogP contribution >= 0.6 is 11.6 Å². The zero-order valence-electron chi connectivity index (χ0n) is 50.2. The zero-order chi connectivity index (χ0) is 66.5. The highest BCUT2D eigenvalue weighted by atomic mass is 35.5. The summed E-state index contributed by atoms with van der Waals surface area (Å²) in [6.45, 7) is 1.78. The molecule has 34 heteroatoms. The minimum absolute atomic E-state index is 0.0324. The molecule has 0 bridgehead atoms. The molecule has 1 rings (SSSR count). The predicted molar refractivity (Wildman–Crippen MR) is 313 cm³/mol. The number of methoxy groups -OCH3 is 1. The summed E-state index contributed by atoms with van der Waals surface area (Å²) in [5.74, 6) is -18.0. The maximum absolute atomic E-state index is 14.3. The van der Waals surface area contributed by atoms with Crippen LogP contribution in [0.1, 0.15) is 130 Å². The molecule has 0 radical (unpaired) electrons. The van der Waals surface area contributed by atoms with Crippen LogP contribution < -0.4 is 70.4 Å². The molecule has 1 aliphatic rings. The van der Waals surface area contributed by atoms with Gasteiger partial charge >= 0.3 is 17.9 Å². The predicted octanol–water partition coefficient (Wildman–Crippen LogP) is -5.95. The van der Waals surface area contributed by atoms with Crippen molar-refractivity contribution in [2.45, 2.75) is 203 Å². The van der Waals surface area contributed by atoms with Gasteiger partial charge < -0.3 is 105 Å². The van der Waals surface area contributed by atoms with E-state index in [0.29, 0.717) is 6.42 Å². The second-order valence-corrected chi connectivity index (χ2v) is 21.1. The smallest absolute Gasteiger partial charge is 0.335 e. The van der Waals surface area contributed by atoms with E-state index in [1.165, 1.54) is 6.92 Å². The number of aliphatic hydroxyl groups excluding tert-OH is 4. The lowest BCUT2D eigenvalue weighted by molar-refractivity contribution is -0.153. The molecule has 1 heterocycles. The van der Waals surface area contributed by atoms with Gasteiger partial charge in [-0.3, -0.25) is 52.7 Å². The van der Waals surface area contributed by atoms with E-state index in [2.05, 4.69) is 59.5 Å². The van der Waals surface area contributed by atoms with Crippen molar-refractivity contribution in [3.63, 3.8) is 0 Å². The minimum atomic E-state index is -2.78. The molecule has 12 atom stereocenters. The summed E-state index contributed by atoms with van der Waals surface area (Å²) in [6, 6.07) is -16.1. The van der Waals surface area contributed by atoms with E-state index < -0.39 is 207 Å². The van der Waals surface area contributed by atoms with E-state index in [0.717, 1.165) is 71.5 Å². The molecule has 500 valence electrons. The molecule has 0 spiro atoms. The van der Waals surface area contributed by atoms with E-state index in [9.17, 15) is 87.9 Å². The van der Waals surface area contributed by atoms with E-state index in [4.69, 9.17) is 33.5 Å². The first-order valence-corrected chi connectivity index (χ1v) is 29.8. The minimum Gasteiger partial charge on any atom is -0.479 e. The number of amides is 10. The summed E-state index contributed by atoms with van der Waals surface area (Å²) in [5, 5.41) is 75.1. The average Bonchev–Trinajstić information content (AvgIpc) is 1.80. The van der Waals surface area contributed by atoms with Crippen molar-refractivity contribution in [1.29, 1.82) is 0 Å². The first kappa shape index (κ1) is 78.9. The van der Waals surface area contributed by atoms with Gasteiger partial charge in [0, 0.05) is 0 Å². The largest absolute Gasteiger partial charge is 0.479 e. The number of hydrogen-bond acceptors (Lipinski definition) is 22. The highest BCUT2D eigenvalue weighted by molar-refractivity contribution is 6.18. The van der Waals surface area contributed by atoms with Crippen LogP contribution in [0.4, 0.5) is 0 Å². The quantitative estimate of drug-likeness (QED) is 0.0138. The van der Waals surface area contributed by atoms with Crippen LogP contribution in [0.15, 0.2) is 11.8 Å². The van der Waals surface area contributed by atoms with Crippen molar-refractivity contribution < 1.29 is 97.3 Å². The first-order chi connectivity index (χ1) is 41.7. The van der Waals surface area contributed by atoms with Crippen molar-refractivity contribution in [3.05, 3.63) is 11.8 Å². The Labute approximate surface area is 515 Å². The van der Waals surface area contributed by atoms with Crippen molar-refractivity contribution in [1.82, 2.24) is 53.2 Å². The maximum Gasteiger partial charge on any atom is 0.335 e. The molecule has 0 saturated carbocycles. The molecule has 0 aromatic rings. The number of aliphatic hydroxyl groups is 4. The number of carbonyl (C=O) groups is 13. The van der Waals surface area contributed by atoms with Crippen molar-refractivity contribution in [3.8, 4) is 0 Å². The van der Waals surface area contributed by atoms with Crippen molar-refractivity contribution in [2.75, 3.05) is 45.8 Å². The van der Waals surface area contributed by atoms with E-state index >= 15 is 0 Å². The molecule has 0 aromatic carbocycles. The fourth-order valence-corrected chi connectivity index (χ4v) is 8.73. The van der Waals surface area contributed by atoms with E-state index in [1.807, 2.05) is 5.32 Å². The summed E-state index contributed by atoms with van der Waals surface area (Å²) in [7, 11) is 1.01. The van der Waals surface area contributed by atoms with Crippen LogP contribution in [-0.2, 0) is 71.8 Å². The number of aliphatic carboxylic acids is 1. The number of cyclic esters (lactones) is 1. The van der Waals surface area contributed by atoms with Gasteiger partial charge in [0.25, 0.3) is 5.91 Å². The topological polar surface area (TPSA) is 540 Å². The van der Waals surface area contributed by atoms with Crippen LogP contribution in [0, 0.1) is 0 Å². The monoisotopic (exact) mass is 1280 g/mol. The standard InChI is InChI=1S/C54H92ClN13O20/c1-5-7-8-9-10-11-12-13-14-17-30(70)24-39(73)60-36-28-88-54(86)42(37(71)26-55)67-45(76)31(6-2)61-51(82)41(29(3)69)66-48(79)34(20-23-58)64-52(83)43(44(75)53(84)85)68-47(78)32(18-15-16-21-56)62-49(80)35(25-38(72)59-27-40(74)87-4)65-46(77)33(19-22-57)63-50(36)81/h6,29-30,32-37,41-44,69-71,75H,5,7-28,56-58H2,1-4H3,(H,59,72)(H,60,73)(H,61,82)(H,62,80)(H,63,81)(H,64,83)(H,65,77)(H,66,79)(H,67,76)(H,68,78)(H,84,85)/b31-6+/t29-,30+,32?,33?,34-,35-,36?,37+,41?,42?,43?,44-/m0/s1. The molecule has 33 nitrogen and oxygen atoms in total. The lowest BCUT2D eigenvalue weighted by Gasteiger charge is -2.29. The number of halogens is 1. The fourth-order valence-electron chi connectivity index (χ4n) is 8.55. The van der Waals surface area contributed by atoms with E-state index in [1.54, 1.807) is 0 Å². The van der Waals surface area contributed by atoms with Crippen LogP contribution in [0.5, 0.6) is 0 Å². The first-order valence-electron chi connectivity index (χ1n) is 29.2. The molecule has 6 unspecified atom stereocenters. The number of unbranched alkanes of at least 4 members (excludes halogenated alkanes) is 9. The molecule has 0 aliphatic carbocycles. The number of allylic oxidation sites excluding steroid dienone is 1. The Morgan fingerprint density at radius 3 is 1.70 bits per heavy atom. The number of alkyl halides is 1. The molecule has 1 aliphatic heterocycles. The molecule has 10 amide bonds. The van der Waals surface area contributed by atoms with Gasteiger partial charge in [0.05, 0.1) is 44.1 Å². The Balaban J connectivity index is 4.12. The van der Waals surface area contributed by atoms with Crippen molar-refractivity contribution in [2.24, 2.45) is 17.2 Å². The third-order valence-corrected chi connectivity index (χ3v) is 13.9. The molecule has 1 saturated heterocycles. The third kappa shape index (κ3) is 29.7. The Morgan fingerprint density at radius 2 is 1.17 bits per heavy atom. The lowest BCUT2D eigenvalue weighted by atomic mass is 10.0. The number of carboxylic acid groups (broad SMARTS) is 1. The maximum atomic E-state index is 14.3. The summed E-state index contributed by atoms with van der Waals surface area (Å²) >= 11 is 5.92. The number of esters is 2. The molecule has 88 heavy (non-hydrogen) atoms. The Kier molecular flexibility index (Phi) is 39.0. The Morgan fingerprint density at radius 1 is 0.648 bits per heavy atom. The highest BCUT2D eigenvalue weighted by Gasteiger charge is 2.40. The molecular formula is C54H92ClN13O20. The number of carbonyl (C=O) groups excluding carboxylic acids is 12. The van der Waals surface area contributed by atoms with Gasteiger partial charge in [-0.25, -0.2) is 9.59 Å². The molecule has 1 fully saturated rings. The lowest BCUT2D eigenvalue weighted by Crippen LogP contribution is -2.63. The summed E-state index contributed by atoms with van der Waals surface area (Å²) in [6.07, 6.45) is -0.506. The number of nitrogens with one attached hydrogen (secondary N) is 10. The second kappa shape index (κ2) is 43.5. The van der Waals surface area contributed by atoms with Gasteiger partial charge in [0.1, 0.15) is 61.1 Å². The normalized spacial score (nSPS) is 23.7. The molecular weight excluding hydrogens is 1190 g/mol. The number of rotatable bonds is 30. The van der Waals surface area contributed by atoms with Gasteiger partial charge in [-0.1, -0.05) is 70.8 Å². The van der Waals surface area contributed by atoms with Gasteiger partial charge in [0.2, 0.25) is 53.2 Å². The van der Waals surface area contributed by atoms with Gasteiger partial charge in [0.15, 0.2) is 12.1 Å².